The van der Waals surface area contributed by atoms with Gasteiger partial charge in [0.05, 0.1) is 6.61 Å². The van der Waals surface area contributed by atoms with Crippen LogP contribution in [-0.4, -0.2) is 6.61 Å². The van der Waals surface area contributed by atoms with Crippen LogP contribution in [0.1, 0.15) is 88.3 Å². The molecule has 6 heteroatoms. The van der Waals surface area contributed by atoms with Crippen molar-refractivity contribution in [3.8, 4) is 11.5 Å². The standard InChI is InChI=1S/C34H42F4O2/c1-3-5-6-9-24-12-14-25(15-13-24)10-7-8-11-26-16-17-28-23-29(19-18-27(28)22-26)40-34(37,38)30-20-21-31(39-4-2)33(36)32(30)35/h3,5,7,10,18-21,23-26H,4,6,8-9,11-17,22H2,1-2H3/b5-3+,10-7+. The van der Waals surface area contributed by atoms with Crippen molar-refractivity contribution >= 4 is 0 Å². The van der Waals surface area contributed by atoms with Crippen LogP contribution in [0.3, 0.4) is 0 Å². The summed E-state index contributed by atoms with van der Waals surface area (Å²) in [5.74, 6) is -1.41. The highest BCUT2D eigenvalue weighted by Crippen LogP contribution is 2.38. The maximum absolute atomic E-state index is 14.8. The molecule has 0 radical (unpaired) electrons. The van der Waals surface area contributed by atoms with Gasteiger partial charge in [0.15, 0.2) is 11.6 Å². The molecule has 1 saturated carbocycles. The number of benzene rings is 2. The summed E-state index contributed by atoms with van der Waals surface area (Å²) in [6.07, 6.45) is 17.9. The van der Waals surface area contributed by atoms with Crippen LogP contribution in [0.25, 0.3) is 0 Å². The number of halogens is 4. The predicted molar refractivity (Wildman–Crippen MR) is 152 cm³/mol. The van der Waals surface area contributed by atoms with Crippen LogP contribution in [0.5, 0.6) is 11.5 Å². The first-order valence-corrected chi connectivity index (χ1v) is 14.9. The number of allylic oxidation sites excluding steroid dienone is 4. The summed E-state index contributed by atoms with van der Waals surface area (Å²) in [5.41, 5.74) is 0.965. The lowest BCUT2D eigenvalue weighted by Gasteiger charge is -2.27. The summed E-state index contributed by atoms with van der Waals surface area (Å²) in [6.45, 7) is 3.77. The largest absolute Gasteiger partial charge is 0.491 e. The second-order valence-corrected chi connectivity index (χ2v) is 11.3. The van der Waals surface area contributed by atoms with Crippen LogP contribution >= 0.6 is 0 Å². The van der Waals surface area contributed by atoms with E-state index in [0.717, 1.165) is 61.3 Å². The van der Waals surface area contributed by atoms with Crippen molar-refractivity contribution in [3.05, 3.63) is 83.0 Å². The van der Waals surface area contributed by atoms with Crippen molar-refractivity contribution < 1.29 is 27.0 Å². The SMILES string of the molecule is C/C=C/CCC1CCC(/C=C/CCC2CCc3cc(OC(F)(F)c4ccc(OCC)c(F)c4F)ccc3C2)CC1. The number of fused-ring (bicyclic) bond motifs is 1. The molecule has 2 aromatic rings. The predicted octanol–water partition coefficient (Wildman–Crippen LogP) is 10.1. The fourth-order valence-corrected chi connectivity index (χ4v) is 6.13. The third-order valence-electron chi connectivity index (χ3n) is 8.43. The summed E-state index contributed by atoms with van der Waals surface area (Å²) in [7, 11) is 0. The number of ether oxygens (including phenoxy) is 2. The molecule has 0 N–H and O–H groups in total. The molecule has 1 fully saturated rings. The Kier molecular flexibility index (Phi) is 10.7. The Labute approximate surface area is 236 Å². The molecule has 4 rings (SSSR count). The zero-order valence-electron chi connectivity index (χ0n) is 23.7. The second kappa shape index (κ2) is 14.2. The van der Waals surface area contributed by atoms with Gasteiger partial charge < -0.3 is 9.47 Å². The van der Waals surface area contributed by atoms with E-state index in [1.165, 1.54) is 44.6 Å². The quantitative estimate of drug-likeness (QED) is 0.191. The van der Waals surface area contributed by atoms with E-state index in [0.29, 0.717) is 11.8 Å². The first-order chi connectivity index (χ1) is 19.3. The molecule has 2 aromatic carbocycles. The van der Waals surface area contributed by atoms with Crippen molar-refractivity contribution in [2.45, 2.75) is 90.6 Å². The Morgan fingerprint density at radius 3 is 2.38 bits per heavy atom. The highest BCUT2D eigenvalue weighted by molar-refractivity contribution is 5.39. The van der Waals surface area contributed by atoms with E-state index < -0.39 is 29.1 Å². The van der Waals surface area contributed by atoms with Crippen molar-refractivity contribution in [2.24, 2.45) is 17.8 Å². The minimum atomic E-state index is -4.03. The second-order valence-electron chi connectivity index (χ2n) is 11.3. The van der Waals surface area contributed by atoms with Gasteiger partial charge >= 0.3 is 6.11 Å². The zero-order valence-corrected chi connectivity index (χ0v) is 23.7. The third-order valence-corrected chi connectivity index (χ3v) is 8.43. The molecule has 2 aliphatic carbocycles. The smallest absolute Gasteiger partial charge is 0.429 e. The number of rotatable bonds is 12. The summed E-state index contributed by atoms with van der Waals surface area (Å²) in [6, 6.07) is 6.73. The highest BCUT2D eigenvalue weighted by Gasteiger charge is 2.39. The van der Waals surface area contributed by atoms with E-state index in [2.05, 4.69) is 31.2 Å². The van der Waals surface area contributed by atoms with Crippen molar-refractivity contribution in [1.29, 1.82) is 0 Å². The fraction of sp³-hybridized carbons (Fsp3) is 0.529. The molecule has 40 heavy (non-hydrogen) atoms. The van der Waals surface area contributed by atoms with Crippen LogP contribution in [0, 0.1) is 29.4 Å². The fourth-order valence-electron chi connectivity index (χ4n) is 6.13. The van der Waals surface area contributed by atoms with E-state index >= 15 is 0 Å². The van der Waals surface area contributed by atoms with Crippen molar-refractivity contribution in [1.82, 2.24) is 0 Å². The molecule has 0 aliphatic heterocycles. The highest BCUT2D eigenvalue weighted by atomic mass is 19.3. The van der Waals surface area contributed by atoms with Gasteiger partial charge in [-0.15, -0.1) is 0 Å². The lowest BCUT2D eigenvalue weighted by molar-refractivity contribution is -0.187. The lowest BCUT2D eigenvalue weighted by atomic mass is 9.79. The van der Waals surface area contributed by atoms with Gasteiger partial charge in [-0.2, -0.15) is 13.2 Å². The Hall–Kier alpha value is -2.76. The first kappa shape index (κ1) is 30.2. The summed E-state index contributed by atoms with van der Waals surface area (Å²) >= 11 is 0. The molecule has 218 valence electrons. The lowest BCUT2D eigenvalue weighted by Crippen LogP contribution is -2.24. The first-order valence-electron chi connectivity index (χ1n) is 14.9. The van der Waals surface area contributed by atoms with Gasteiger partial charge in [-0.25, -0.2) is 4.39 Å². The zero-order chi connectivity index (χ0) is 28.5. The van der Waals surface area contributed by atoms with E-state index in [-0.39, 0.29) is 12.4 Å². The van der Waals surface area contributed by atoms with Gasteiger partial charge in [-0.05, 0) is 138 Å². The van der Waals surface area contributed by atoms with Crippen LogP contribution in [0.4, 0.5) is 17.6 Å². The number of hydrogen-bond acceptors (Lipinski definition) is 2. The van der Waals surface area contributed by atoms with Gasteiger partial charge in [0.25, 0.3) is 0 Å². The molecule has 0 aromatic heterocycles. The van der Waals surface area contributed by atoms with Crippen molar-refractivity contribution in [3.63, 3.8) is 0 Å². The van der Waals surface area contributed by atoms with E-state index in [1.807, 2.05) is 6.07 Å². The molecule has 1 unspecified atom stereocenters. The van der Waals surface area contributed by atoms with E-state index in [4.69, 9.17) is 9.47 Å². The Balaban J connectivity index is 1.25. The molecular weight excluding hydrogens is 516 g/mol. The monoisotopic (exact) mass is 558 g/mol. The average Bonchev–Trinajstić information content (AvgIpc) is 2.94. The summed E-state index contributed by atoms with van der Waals surface area (Å²) < 4.78 is 68.0. The van der Waals surface area contributed by atoms with E-state index in [9.17, 15) is 17.6 Å². The molecular formula is C34H42F4O2. The van der Waals surface area contributed by atoms with Crippen LogP contribution < -0.4 is 9.47 Å². The minimum Gasteiger partial charge on any atom is -0.491 e. The molecule has 0 heterocycles. The number of aryl methyl sites for hydroxylation is 1. The molecule has 2 nitrogen and oxygen atoms in total. The molecule has 1 atom stereocenters. The van der Waals surface area contributed by atoms with Crippen molar-refractivity contribution in [2.75, 3.05) is 6.61 Å². The van der Waals surface area contributed by atoms with Gasteiger partial charge in [0.1, 0.15) is 11.3 Å². The third kappa shape index (κ3) is 7.92. The molecule has 0 bridgehead atoms. The van der Waals surface area contributed by atoms with Gasteiger partial charge in [-0.1, -0.05) is 30.4 Å². The topological polar surface area (TPSA) is 18.5 Å². The van der Waals surface area contributed by atoms with Gasteiger partial charge in [-0.3, -0.25) is 0 Å². The molecule has 0 amide bonds. The minimum absolute atomic E-state index is 0.0598. The van der Waals surface area contributed by atoms with Gasteiger partial charge in [0.2, 0.25) is 5.82 Å². The van der Waals surface area contributed by atoms with Crippen LogP contribution in [-0.2, 0) is 19.0 Å². The Morgan fingerprint density at radius 1 is 0.875 bits per heavy atom. The molecule has 0 saturated heterocycles. The Morgan fingerprint density at radius 2 is 1.62 bits per heavy atom. The maximum Gasteiger partial charge on any atom is 0.429 e. The normalized spacial score (nSPS) is 21.6. The van der Waals surface area contributed by atoms with Crippen LogP contribution in [0.15, 0.2) is 54.6 Å². The maximum atomic E-state index is 14.8. The van der Waals surface area contributed by atoms with Gasteiger partial charge in [0, 0.05) is 0 Å². The van der Waals surface area contributed by atoms with Crippen LogP contribution in [0.2, 0.25) is 0 Å². The Bertz CT molecular complexity index is 1160. The molecule has 2 aliphatic rings. The summed E-state index contributed by atoms with van der Waals surface area (Å²) in [4.78, 5) is 0. The summed E-state index contributed by atoms with van der Waals surface area (Å²) in [5, 5.41) is 0. The molecule has 0 spiro atoms. The number of alkyl halides is 2. The number of hydrogen-bond donors (Lipinski definition) is 0. The average molecular weight is 559 g/mol. The van der Waals surface area contributed by atoms with E-state index in [1.54, 1.807) is 13.0 Å².